The van der Waals surface area contributed by atoms with Crippen LogP contribution in [-0.2, 0) is 16.4 Å². The average Bonchev–Trinajstić information content (AvgIpc) is 2.70. The van der Waals surface area contributed by atoms with E-state index in [0.717, 1.165) is 16.4 Å². The smallest absolute Gasteiger partial charge is 0.497 e. The van der Waals surface area contributed by atoms with E-state index in [9.17, 15) is 4.79 Å². The second kappa shape index (κ2) is 5.11. The fraction of sp³-hybridized carbons (Fsp3) is 0.471. The molecular weight excluding hydrogens is 293 g/mol. The van der Waals surface area contributed by atoms with E-state index in [2.05, 4.69) is 0 Å². The minimum absolute atomic E-state index is 0.0528. The van der Waals surface area contributed by atoms with Crippen molar-refractivity contribution in [2.24, 2.45) is 7.05 Å². The van der Waals surface area contributed by atoms with Gasteiger partial charge in [0, 0.05) is 24.6 Å². The maximum absolute atomic E-state index is 11.8. The summed E-state index contributed by atoms with van der Waals surface area (Å²) in [6.45, 7) is 8.07. The van der Waals surface area contributed by atoms with Crippen molar-refractivity contribution in [3.05, 3.63) is 34.6 Å². The molecule has 0 saturated carbocycles. The van der Waals surface area contributed by atoms with Crippen molar-refractivity contribution < 1.29 is 14.0 Å². The van der Waals surface area contributed by atoms with Crippen molar-refractivity contribution in [2.75, 3.05) is 7.11 Å². The Hall–Kier alpha value is -1.79. The lowest BCUT2D eigenvalue weighted by molar-refractivity contribution is 0.00578. The van der Waals surface area contributed by atoms with Gasteiger partial charge in [-0.15, -0.1) is 0 Å². The van der Waals surface area contributed by atoms with E-state index in [0.29, 0.717) is 5.75 Å². The molecule has 0 spiro atoms. The molecule has 2 heterocycles. The van der Waals surface area contributed by atoms with Crippen molar-refractivity contribution >= 4 is 23.5 Å². The number of ether oxygens (including phenoxy) is 1. The molecule has 0 amide bonds. The largest absolute Gasteiger partial charge is 0.498 e. The molecule has 1 aromatic heterocycles. The van der Waals surface area contributed by atoms with E-state index in [4.69, 9.17) is 14.0 Å². The SMILES string of the molecule is COc1cc2c(ccc(=O)n2C)cc1B1OC(C)(C)C(C)(C)O1. The van der Waals surface area contributed by atoms with Gasteiger partial charge in [0.2, 0.25) is 0 Å². The Bertz CT molecular complexity index is 809. The molecular formula is C17H22BNO4. The molecule has 1 aliphatic rings. The van der Waals surface area contributed by atoms with Gasteiger partial charge in [0.1, 0.15) is 5.75 Å². The van der Waals surface area contributed by atoms with Gasteiger partial charge >= 0.3 is 7.12 Å². The van der Waals surface area contributed by atoms with Crippen LogP contribution < -0.4 is 15.8 Å². The lowest BCUT2D eigenvalue weighted by atomic mass is 9.77. The van der Waals surface area contributed by atoms with Crippen molar-refractivity contribution in [3.8, 4) is 5.75 Å². The van der Waals surface area contributed by atoms with Crippen LogP contribution in [0.3, 0.4) is 0 Å². The Morgan fingerprint density at radius 3 is 2.26 bits per heavy atom. The minimum atomic E-state index is -0.503. The molecule has 1 aromatic carbocycles. The summed E-state index contributed by atoms with van der Waals surface area (Å²) in [4.78, 5) is 11.8. The zero-order chi connectivity index (χ0) is 17.0. The van der Waals surface area contributed by atoms with Gasteiger partial charge in [-0.25, -0.2) is 0 Å². The number of rotatable bonds is 2. The molecule has 1 saturated heterocycles. The third-order valence-electron chi connectivity index (χ3n) is 4.98. The van der Waals surface area contributed by atoms with Gasteiger partial charge in [-0.1, -0.05) is 0 Å². The predicted octanol–water partition coefficient (Wildman–Crippen LogP) is 1.85. The summed E-state index contributed by atoms with van der Waals surface area (Å²) in [5.41, 5.74) is 0.761. The van der Waals surface area contributed by atoms with E-state index >= 15 is 0 Å². The molecule has 122 valence electrons. The number of hydrogen-bond acceptors (Lipinski definition) is 4. The van der Waals surface area contributed by atoms with Crippen LogP contribution in [0.5, 0.6) is 5.75 Å². The maximum Gasteiger partial charge on any atom is 0.498 e. The highest BCUT2D eigenvalue weighted by Crippen LogP contribution is 2.37. The molecule has 0 unspecified atom stereocenters. The minimum Gasteiger partial charge on any atom is -0.497 e. The third-order valence-corrected chi connectivity index (χ3v) is 4.98. The Morgan fingerprint density at radius 1 is 1.09 bits per heavy atom. The third kappa shape index (κ3) is 2.46. The number of hydrogen-bond donors (Lipinski definition) is 0. The second-order valence-electron chi connectivity index (χ2n) is 6.97. The van der Waals surface area contributed by atoms with E-state index < -0.39 is 18.3 Å². The van der Waals surface area contributed by atoms with Gasteiger partial charge < -0.3 is 18.6 Å². The second-order valence-corrected chi connectivity index (χ2v) is 6.97. The number of fused-ring (bicyclic) bond motifs is 1. The molecule has 0 radical (unpaired) electrons. The Balaban J connectivity index is 2.15. The highest BCUT2D eigenvalue weighted by atomic mass is 16.7. The molecule has 0 atom stereocenters. The predicted molar refractivity (Wildman–Crippen MR) is 91.5 cm³/mol. The quantitative estimate of drug-likeness (QED) is 0.794. The lowest BCUT2D eigenvalue weighted by Crippen LogP contribution is -2.41. The Morgan fingerprint density at radius 2 is 1.70 bits per heavy atom. The zero-order valence-electron chi connectivity index (χ0n) is 14.5. The molecule has 5 nitrogen and oxygen atoms in total. The number of nitrogens with zero attached hydrogens (tertiary/aromatic N) is 1. The van der Waals surface area contributed by atoms with Crippen molar-refractivity contribution in [2.45, 2.75) is 38.9 Å². The van der Waals surface area contributed by atoms with Crippen molar-refractivity contribution in [1.29, 1.82) is 0 Å². The number of methoxy groups -OCH3 is 1. The standard InChI is InChI=1S/C17H22BNO4/c1-16(2)17(3,4)23-18(22-16)12-9-11-7-8-15(20)19(5)13(11)10-14(12)21-6/h7-10H,1-6H3. The summed E-state index contributed by atoms with van der Waals surface area (Å²) in [5, 5.41) is 0.942. The average molecular weight is 315 g/mol. The Labute approximate surface area is 136 Å². The van der Waals surface area contributed by atoms with Gasteiger partial charge in [0.25, 0.3) is 5.56 Å². The van der Waals surface area contributed by atoms with Crippen molar-refractivity contribution in [3.63, 3.8) is 0 Å². The molecule has 2 aromatic rings. The van der Waals surface area contributed by atoms with E-state index in [1.165, 1.54) is 0 Å². The number of pyridine rings is 1. The van der Waals surface area contributed by atoms with Crippen LogP contribution in [-0.4, -0.2) is 30.0 Å². The van der Waals surface area contributed by atoms with E-state index in [-0.39, 0.29) is 5.56 Å². The van der Waals surface area contributed by atoms with Crippen LogP contribution in [0.25, 0.3) is 10.9 Å². The summed E-state index contributed by atoms with van der Waals surface area (Å²) in [6, 6.07) is 7.20. The van der Waals surface area contributed by atoms with Crippen molar-refractivity contribution in [1.82, 2.24) is 4.57 Å². The molecule has 0 N–H and O–H groups in total. The summed E-state index contributed by atoms with van der Waals surface area (Å²) >= 11 is 0. The van der Waals surface area contributed by atoms with Gasteiger partial charge in [-0.05, 0) is 45.2 Å². The van der Waals surface area contributed by atoms with Crippen LogP contribution in [0.1, 0.15) is 27.7 Å². The van der Waals surface area contributed by atoms with Crippen LogP contribution >= 0.6 is 0 Å². The normalized spacial score (nSPS) is 19.3. The van der Waals surface area contributed by atoms with Gasteiger partial charge in [-0.2, -0.15) is 0 Å². The summed E-state index contributed by atoms with van der Waals surface area (Å²) < 4.78 is 19.4. The molecule has 0 bridgehead atoms. The first-order valence-electron chi connectivity index (χ1n) is 7.69. The maximum atomic E-state index is 11.8. The first kappa shape index (κ1) is 16.1. The van der Waals surface area contributed by atoms with E-state index in [1.54, 1.807) is 24.8 Å². The van der Waals surface area contributed by atoms with Crippen LogP contribution in [0, 0.1) is 0 Å². The lowest BCUT2D eigenvalue weighted by Gasteiger charge is -2.32. The first-order chi connectivity index (χ1) is 10.7. The molecule has 6 heteroatoms. The number of aromatic nitrogens is 1. The fourth-order valence-corrected chi connectivity index (χ4v) is 2.75. The van der Waals surface area contributed by atoms with E-state index in [1.807, 2.05) is 45.9 Å². The summed E-state index contributed by atoms with van der Waals surface area (Å²) in [7, 11) is 2.85. The molecule has 3 rings (SSSR count). The topological polar surface area (TPSA) is 49.7 Å². The number of aryl methyl sites for hydroxylation is 1. The first-order valence-corrected chi connectivity index (χ1v) is 7.69. The van der Waals surface area contributed by atoms with Gasteiger partial charge in [0.15, 0.2) is 0 Å². The van der Waals surface area contributed by atoms with Crippen LogP contribution in [0.2, 0.25) is 0 Å². The highest BCUT2D eigenvalue weighted by Gasteiger charge is 2.52. The monoisotopic (exact) mass is 315 g/mol. The highest BCUT2D eigenvalue weighted by molar-refractivity contribution is 6.63. The fourth-order valence-electron chi connectivity index (χ4n) is 2.75. The zero-order valence-corrected chi connectivity index (χ0v) is 14.5. The number of benzene rings is 1. The molecule has 23 heavy (non-hydrogen) atoms. The van der Waals surface area contributed by atoms with Crippen LogP contribution in [0.15, 0.2) is 29.1 Å². The van der Waals surface area contributed by atoms with Gasteiger partial charge in [-0.3, -0.25) is 4.79 Å². The molecule has 1 fully saturated rings. The summed E-state index contributed by atoms with van der Waals surface area (Å²) in [5.74, 6) is 0.650. The summed E-state index contributed by atoms with van der Waals surface area (Å²) in [6.07, 6.45) is 0. The van der Waals surface area contributed by atoms with Crippen LogP contribution in [0.4, 0.5) is 0 Å². The molecule has 1 aliphatic heterocycles. The van der Waals surface area contributed by atoms with Gasteiger partial charge in [0.05, 0.1) is 23.8 Å². The molecule has 0 aliphatic carbocycles. The Kier molecular flexibility index (Phi) is 3.57.